The Morgan fingerprint density at radius 3 is 2.21 bits per heavy atom. The average molecular weight is 516 g/mol. The SMILES string of the molecule is CN(C)C1(c2ccccc2)CCC2(CC1)CN(C1CCN(C(=O)c3ccncc3)CC1)C(=O)N2CC1CC1. The molecule has 0 atom stereocenters. The Bertz CT molecular complexity index is 1130. The van der Waals surface area contributed by atoms with Crippen molar-refractivity contribution in [2.45, 2.75) is 68.5 Å². The van der Waals surface area contributed by atoms with Crippen LogP contribution >= 0.6 is 0 Å². The Morgan fingerprint density at radius 1 is 0.947 bits per heavy atom. The first-order valence-corrected chi connectivity index (χ1v) is 14.4. The summed E-state index contributed by atoms with van der Waals surface area (Å²) < 4.78 is 0. The van der Waals surface area contributed by atoms with Crippen LogP contribution < -0.4 is 0 Å². The van der Waals surface area contributed by atoms with Gasteiger partial charge < -0.3 is 14.7 Å². The second kappa shape index (κ2) is 9.99. The number of urea groups is 1. The van der Waals surface area contributed by atoms with Crippen molar-refractivity contribution in [2.75, 3.05) is 40.3 Å². The highest BCUT2D eigenvalue weighted by atomic mass is 16.2. The van der Waals surface area contributed by atoms with Gasteiger partial charge in [-0.2, -0.15) is 0 Å². The third kappa shape index (κ3) is 4.49. The van der Waals surface area contributed by atoms with Crippen LogP contribution in [0.2, 0.25) is 0 Å². The monoisotopic (exact) mass is 515 g/mol. The number of pyridine rings is 1. The lowest BCUT2D eigenvalue weighted by molar-refractivity contribution is 0.0221. The standard InChI is InChI=1S/C31H41N5O2/c1-33(2)31(26-6-4-3-5-7-26)16-14-30(15-17-31)23-35(29(38)36(30)22-24-8-9-24)27-12-20-34(21-13-27)28(37)25-10-18-32-19-11-25/h3-7,10-11,18-19,24,27H,8-9,12-17,20-23H2,1-2H3. The molecule has 7 nitrogen and oxygen atoms in total. The number of likely N-dealkylation sites (tertiary alicyclic amines) is 1. The average Bonchev–Trinajstić information content (AvgIpc) is 3.75. The zero-order valence-corrected chi connectivity index (χ0v) is 22.9. The maximum Gasteiger partial charge on any atom is 0.320 e. The van der Waals surface area contributed by atoms with E-state index in [1.54, 1.807) is 24.5 Å². The highest BCUT2D eigenvalue weighted by Gasteiger charge is 2.56. The number of carbonyl (C=O) groups is 2. The van der Waals surface area contributed by atoms with Gasteiger partial charge in [0.15, 0.2) is 0 Å². The van der Waals surface area contributed by atoms with Crippen molar-refractivity contribution in [3.63, 3.8) is 0 Å². The van der Waals surface area contributed by atoms with Gasteiger partial charge in [-0.3, -0.25) is 14.7 Å². The number of hydrogen-bond acceptors (Lipinski definition) is 4. The third-order valence-electron chi connectivity index (χ3n) is 9.95. The van der Waals surface area contributed by atoms with E-state index in [1.807, 2.05) is 4.90 Å². The third-order valence-corrected chi connectivity index (χ3v) is 9.95. The van der Waals surface area contributed by atoms with E-state index in [0.717, 1.165) is 51.6 Å². The largest absolute Gasteiger partial charge is 0.338 e. The molecular formula is C31H41N5O2. The summed E-state index contributed by atoms with van der Waals surface area (Å²) in [6.07, 6.45) is 11.7. The van der Waals surface area contributed by atoms with Crippen molar-refractivity contribution in [1.82, 2.24) is 24.6 Å². The summed E-state index contributed by atoms with van der Waals surface area (Å²) in [6.45, 7) is 3.14. The summed E-state index contributed by atoms with van der Waals surface area (Å²) in [7, 11) is 4.42. The molecule has 1 aromatic carbocycles. The van der Waals surface area contributed by atoms with Crippen LogP contribution in [0.25, 0.3) is 0 Å². The Morgan fingerprint density at radius 2 is 1.61 bits per heavy atom. The van der Waals surface area contributed by atoms with Crippen LogP contribution in [0.15, 0.2) is 54.9 Å². The van der Waals surface area contributed by atoms with Gasteiger partial charge in [-0.25, -0.2) is 4.79 Å². The molecule has 0 N–H and O–H groups in total. The van der Waals surface area contributed by atoms with Gasteiger partial charge in [0, 0.05) is 55.7 Å². The quantitative estimate of drug-likeness (QED) is 0.564. The van der Waals surface area contributed by atoms with E-state index in [-0.39, 0.29) is 29.1 Å². The van der Waals surface area contributed by atoms with Gasteiger partial charge in [-0.1, -0.05) is 30.3 Å². The van der Waals surface area contributed by atoms with Crippen molar-refractivity contribution >= 4 is 11.9 Å². The number of hydrogen-bond donors (Lipinski definition) is 0. The second-order valence-electron chi connectivity index (χ2n) is 12.2. The Labute approximate surface area is 226 Å². The van der Waals surface area contributed by atoms with Crippen LogP contribution in [0.5, 0.6) is 0 Å². The molecule has 3 heterocycles. The number of nitrogens with zero attached hydrogens (tertiary/aromatic N) is 5. The van der Waals surface area contributed by atoms with E-state index < -0.39 is 0 Å². The predicted octanol–water partition coefficient (Wildman–Crippen LogP) is 4.60. The van der Waals surface area contributed by atoms with Crippen molar-refractivity contribution in [1.29, 1.82) is 0 Å². The van der Waals surface area contributed by atoms with Crippen molar-refractivity contribution < 1.29 is 9.59 Å². The summed E-state index contributed by atoms with van der Waals surface area (Å²) in [5.41, 5.74) is 2.03. The number of piperidine rings is 1. The Balaban J connectivity index is 1.17. The molecule has 2 saturated carbocycles. The molecule has 4 fully saturated rings. The fourth-order valence-electron chi connectivity index (χ4n) is 7.30. The van der Waals surface area contributed by atoms with Gasteiger partial charge in [-0.05, 0) is 89.1 Å². The van der Waals surface area contributed by atoms with E-state index in [9.17, 15) is 9.59 Å². The Hall–Kier alpha value is -2.93. The first kappa shape index (κ1) is 25.4. The molecule has 1 spiro atoms. The zero-order chi connectivity index (χ0) is 26.3. The number of benzene rings is 1. The van der Waals surface area contributed by atoms with Gasteiger partial charge in [0.2, 0.25) is 0 Å². The van der Waals surface area contributed by atoms with E-state index in [2.05, 4.69) is 64.1 Å². The normalized spacial score (nSPS) is 28.5. The number of amides is 3. The van der Waals surface area contributed by atoms with E-state index in [0.29, 0.717) is 24.6 Å². The Kier molecular flexibility index (Phi) is 6.67. The summed E-state index contributed by atoms with van der Waals surface area (Å²) >= 11 is 0. The molecule has 0 radical (unpaired) electrons. The lowest BCUT2D eigenvalue weighted by Gasteiger charge is -2.51. The van der Waals surface area contributed by atoms with Gasteiger partial charge in [-0.15, -0.1) is 0 Å². The van der Waals surface area contributed by atoms with E-state index >= 15 is 0 Å². The van der Waals surface area contributed by atoms with Crippen LogP contribution in [-0.2, 0) is 5.54 Å². The molecule has 2 aromatic rings. The van der Waals surface area contributed by atoms with Crippen LogP contribution in [0.4, 0.5) is 4.79 Å². The molecule has 2 aliphatic heterocycles. The number of aromatic nitrogens is 1. The molecule has 0 unspecified atom stereocenters. The van der Waals surface area contributed by atoms with Crippen LogP contribution in [0.3, 0.4) is 0 Å². The molecule has 7 heteroatoms. The smallest absolute Gasteiger partial charge is 0.320 e. The molecule has 3 amide bonds. The maximum atomic E-state index is 14.0. The topological polar surface area (TPSA) is 60.0 Å². The maximum absolute atomic E-state index is 14.0. The van der Waals surface area contributed by atoms with Crippen molar-refractivity contribution in [3.8, 4) is 0 Å². The van der Waals surface area contributed by atoms with E-state index in [1.165, 1.54) is 18.4 Å². The molecule has 1 aromatic heterocycles. The zero-order valence-electron chi connectivity index (χ0n) is 22.9. The molecule has 4 aliphatic rings. The number of rotatable bonds is 6. The van der Waals surface area contributed by atoms with Gasteiger partial charge >= 0.3 is 6.03 Å². The van der Waals surface area contributed by atoms with Crippen LogP contribution in [-0.4, -0.2) is 88.4 Å². The second-order valence-corrected chi connectivity index (χ2v) is 12.2. The summed E-state index contributed by atoms with van der Waals surface area (Å²) in [4.78, 5) is 39.8. The summed E-state index contributed by atoms with van der Waals surface area (Å²) in [6, 6.07) is 15.0. The minimum absolute atomic E-state index is 0.0207. The lowest BCUT2D eigenvalue weighted by Crippen LogP contribution is -2.55. The number of carbonyl (C=O) groups excluding carboxylic acids is 2. The van der Waals surface area contributed by atoms with Crippen LogP contribution in [0.1, 0.15) is 67.3 Å². The van der Waals surface area contributed by atoms with Gasteiger partial charge in [0.05, 0.1) is 5.54 Å². The molecule has 6 rings (SSSR count). The predicted molar refractivity (Wildman–Crippen MR) is 148 cm³/mol. The summed E-state index contributed by atoms with van der Waals surface area (Å²) in [5, 5.41) is 0. The minimum atomic E-state index is -0.0715. The molecule has 202 valence electrons. The fraction of sp³-hybridized carbons (Fsp3) is 0.581. The molecular weight excluding hydrogens is 474 g/mol. The molecule has 2 saturated heterocycles. The van der Waals surface area contributed by atoms with Gasteiger partial charge in [0.25, 0.3) is 5.91 Å². The molecule has 0 bridgehead atoms. The highest BCUT2D eigenvalue weighted by molar-refractivity contribution is 5.94. The molecule has 2 aliphatic carbocycles. The molecule has 38 heavy (non-hydrogen) atoms. The van der Waals surface area contributed by atoms with Crippen molar-refractivity contribution in [2.24, 2.45) is 5.92 Å². The minimum Gasteiger partial charge on any atom is -0.338 e. The highest BCUT2D eigenvalue weighted by Crippen LogP contribution is 2.50. The first-order valence-electron chi connectivity index (χ1n) is 14.4. The fourth-order valence-corrected chi connectivity index (χ4v) is 7.30. The van der Waals surface area contributed by atoms with Crippen LogP contribution in [0, 0.1) is 5.92 Å². The summed E-state index contributed by atoms with van der Waals surface area (Å²) in [5.74, 6) is 0.740. The lowest BCUT2D eigenvalue weighted by atomic mass is 9.68. The van der Waals surface area contributed by atoms with Crippen molar-refractivity contribution in [3.05, 3.63) is 66.0 Å². The van der Waals surface area contributed by atoms with E-state index in [4.69, 9.17) is 0 Å². The first-order chi connectivity index (χ1) is 18.4. The van der Waals surface area contributed by atoms with Gasteiger partial charge in [0.1, 0.15) is 0 Å².